The van der Waals surface area contributed by atoms with Crippen LogP contribution < -0.4 is 0 Å². The summed E-state index contributed by atoms with van der Waals surface area (Å²) < 4.78 is 31.9. The van der Waals surface area contributed by atoms with Crippen LogP contribution in [0.4, 0.5) is 0 Å². The van der Waals surface area contributed by atoms with Crippen molar-refractivity contribution < 1.29 is 17.7 Å². The molecule has 0 bridgehead atoms. The first kappa shape index (κ1) is 17.6. The first-order chi connectivity index (χ1) is 11.8. The Morgan fingerprint density at radius 2 is 1.80 bits per heavy atom. The van der Waals surface area contributed by atoms with Gasteiger partial charge in [-0.15, -0.1) is 0 Å². The number of pyridine rings is 1. The largest absolute Gasteiger partial charge is 0.360 e. The summed E-state index contributed by atoms with van der Waals surface area (Å²) in [5, 5.41) is 3.71. The molecule has 1 amide bonds. The molecule has 9 heteroatoms. The number of carbonyl (C=O) groups excluding carboxylic acids is 1. The normalized spacial score (nSPS) is 16.2. The first-order valence-corrected chi connectivity index (χ1v) is 9.40. The van der Waals surface area contributed by atoms with E-state index in [2.05, 4.69) is 10.1 Å². The van der Waals surface area contributed by atoms with Crippen LogP contribution >= 0.6 is 0 Å². The summed E-state index contributed by atoms with van der Waals surface area (Å²) in [7, 11) is -3.68. The number of hydrogen-bond acceptors (Lipinski definition) is 6. The minimum atomic E-state index is -3.68. The summed E-state index contributed by atoms with van der Waals surface area (Å²) >= 11 is 0. The van der Waals surface area contributed by atoms with E-state index in [1.165, 1.54) is 4.31 Å². The lowest BCUT2D eigenvalue weighted by Crippen LogP contribution is -2.50. The number of nitrogens with zero attached hydrogens (tertiary/aromatic N) is 4. The molecule has 1 fully saturated rings. The molecule has 0 radical (unpaired) electrons. The molecule has 0 N–H and O–H groups in total. The van der Waals surface area contributed by atoms with Crippen LogP contribution in [0.15, 0.2) is 27.6 Å². The van der Waals surface area contributed by atoms with Gasteiger partial charge in [-0.05, 0) is 32.9 Å². The maximum absolute atomic E-state index is 12.8. The fourth-order valence-corrected chi connectivity index (χ4v) is 4.64. The van der Waals surface area contributed by atoms with Crippen LogP contribution in [0.1, 0.15) is 27.6 Å². The van der Waals surface area contributed by atoms with Crippen molar-refractivity contribution in [1.29, 1.82) is 0 Å². The highest BCUT2D eigenvalue weighted by Crippen LogP contribution is 2.24. The maximum atomic E-state index is 12.8. The molecule has 1 saturated heterocycles. The van der Waals surface area contributed by atoms with Crippen molar-refractivity contribution in [1.82, 2.24) is 19.3 Å². The number of piperazine rings is 1. The molecule has 3 heterocycles. The van der Waals surface area contributed by atoms with Crippen molar-refractivity contribution in [3.05, 3.63) is 41.0 Å². The Bertz CT molecular complexity index is 879. The molecule has 2 aromatic rings. The second-order valence-corrected chi connectivity index (χ2v) is 7.89. The minimum absolute atomic E-state index is 0.118. The number of aromatic nitrogens is 2. The summed E-state index contributed by atoms with van der Waals surface area (Å²) in [5.74, 6) is 0.0954. The first-order valence-electron chi connectivity index (χ1n) is 7.96. The van der Waals surface area contributed by atoms with Crippen molar-refractivity contribution in [3.8, 4) is 0 Å². The van der Waals surface area contributed by atoms with E-state index >= 15 is 0 Å². The Balaban J connectivity index is 1.73. The van der Waals surface area contributed by atoms with E-state index in [1.54, 1.807) is 30.9 Å². The van der Waals surface area contributed by atoms with E-state index in [0.717, 1.165) is 5.69 Å². The molecule has 1 aliphatic heterocycles. The highest BCUT2D eigenvalue weighted by molar-refractivity contribution is 7.89. The topological polar surface area (TPSA) is 96.6 Å². The van der Waals surface area contributed by atoms with E-state index < -0.39 is 10.0 Å². The van der Waals surface area contributed by atoms with Gasteiger partial charge in [-0.1, -0.05) is 11.2 Å². The van der Waals surface area contributed by atoms with E-state index in [9.17, 15) is 13.2 Å². The number of sulfonamides is 1. The predicted molar refractivity (Wildman–Crippen MR) is 89.6 cm³/mol. The zero-order valence-corrected chi connectivity index (χ0v) is 15.2. The molecule has 0 unspecified atom stereocenters. The van der Waals surface area contributed by atoms with Crippen molar-refractivity contribution in [2.75, 3.05) is 26.2 Å². The van der Waals surface area contributed by atoms with Gasteiger partial charge in [-0.25, -0.2) is 13.4 Å². The molecule has 1 aliphatic rings. The molecule has 0 aliphatic carbocycles. The van der Waals surface area contributed by atoms with Crippen LogP contribution in [-0.4, -0.2) is 59.8 Å². The van der Waals surface area contributed by atoms with E-state index in [1.807, 2.05) is 13.0 Å². The standard InChI is InChI=1S/C16H20N4O4S/c1-11-5-4-6-14(17-11)16(21)19-7-9-20(10-8-19)25(22,23)15-12(2)18-24-13(15)3/h4-6H,7-10H2,1-3H3. The molecular formula is C16H20N4O4S. The lowest BCUT2D eigenvalue weighted by atomic mass is 10.2. The predicted octanol–water partition coefficient (Wildman–Crippen LogP) is 1.14. The van der Waals surface area contributed by atoms with E-state index in [-0.39, 0.29) is 29.7 Å². The monoisotopic (exact) mass is 364 g/mol. The molecule has 0 spiro atoms. The van der Waals surface area contributed by atoms with Gasteiger partial charge in [0.05, 0.1) is 0 Å². The molecule has 0 saturated carbocycles. The van der Waals surface area contributed by atoms with Crippen LogP contribution in [0.25, 0.3) is 0 Å². The van der Waals surface area contributed by atoms with Gasteiger partial charge in [-0.2, -0.15) is 4.31 Å². The zero-order valence-electron chi connectivity index (χ0n) is 14.4. The number of aryl methyl sites for hydroxylation is 3. The average molecular weight is 364 g/mol. The molecular weight excluding hydrogens is 344 g/mol. The van der Waals surface area contributed by atoms with Crippen molar-refractivity contribution >= 4 is 15.9 Å². The molecule has 134 valence electrons. The summed E-state index contributed by atoms with van der Waals surface area (Å²) in [6.07, 6.45) is 0. The van der Waals surface area contributed by atoms with E-state index in [0.29, 0.717) is 24.5 Å². The summed E-state index contributed by atoms with van der Waals surface area (Å²) in [4.78, 5) is 18.5. The number of carbonyl (C=O) groups is 1. The van der Waals surface area contributed by atoms with Gasteiger partial charge in [0.25, 0.3) is 5.91 Å². The van der Waals surface area contributed by atoms with Crippen molar-refractivity contribution in [2.24, 2.45) is 0 Å². The lowest BCUT2D eigenvalue weighted by Gasteiger charge is -2.33. The van der Waals surface area contributed by atoms with Crippen molar-refractivity contribution in [2.45, 2.75) is 25.7 Å². The van der Waals surface area contributed by atoms with Crippen LogP contribution in [-0.2, 0) is 10.0 Å². The van der Waals surface area contributed by atoms with Gasteiger partial charge >= 0.3 is 0 Å². The fraction of sp³-hybridized carbons (Fsp3) is 0.438. The zero-order chi connectivity index (χ0) is 18.2. The van der Waals surface area contributed by atoms with Gasteiger partial charge in [0.1, 0.15) is 16.3 Å². The minimum Gasteiger partial charge on any atom is -0.360 e. The second kappa shape index (κ2) is 6.57. The second-order valence-electron chi connectivity index (χ2n) is 6.01. The van der Waals surface area contributed by atoms with Gasteiger partial charge in [-0.3, -0.25) is 4.79 Å². The third-order valence-electron chi connectivity index (χ3n) is 4.20. The van der Waals surface area contributed by atoms with Crippen LogP contribution in [0.5, 0.6) is 0 Å². The quantitative estimate of drug-likeness (QED) is 0.810. The Kier molecular flexibility index (Phi) is 4.61. The molecule has 8 nitrogen and oxygen atoms in total. The summed E-state index contributed by atoms with van der Waals surface area (Å²) in [6.45, 7) is 6.09. The average Bonchev–Trinajstić information content (AvgIpc) is 2.93. The number of rotatable bonds is 3. The third kappa shape index (κ3) is 3.29. The molecule has 0 aromatic carbocycles. The summed E-state index contributed by atoms with van der Waals surface area (Å²) in [6, 6.07) is 5.28. The Morgan fingerprint density at radius 3 is 2.36 bits per heavy atom. The molecule has 2 aromatic heterocycles. The number of hydrogen-bond donors (Lipinski definition) is 0. The highest BCUT2D eigenvalue weighted by Gasteiger charge is 2.34. The Morgan fingerprint density at radius 1 is 1.12 bits per heavy atom. The molecule has 3 rings (SSSR count). The Labute approximate surface area is 146 Å². The van der Waals surface area contributed by atoms with Crippen LogP contribution in [0.3, 0.4) is 0 Å². The highest BCUT2D eigenvalue weighted by atomic mass is 32.2. The van der Waals surface area contributed by atoms with Crippen molar-refractivity contribution in [3.63, 3.8) is 0 Å². The van der Waals surface area contributed by atoms with Gasteiger partial charge in [0, 0.05) is 31.9 Å². The number of amides is 1. The van der Waals surface area contributed by atoms with Gasteiger partial charge < -0.3 is 9.42 Å². The third-order valence-corrected chi connectivity index (χ3v) is 6.34. The van der Waals surface area contributed by atoms with Gasteiger partial charge in [0.15, 0.2) is 5.76 Å². The smallest absolute Gasteiger partial charge is 0.272 e. The SMILES string of the molecule is Cc1cccc(C(=O)N2CCN(S(=O)(=O)c3c(C)noc3C)CC2)n1. The van der Waals surface area contributed by atoms with E-state index in [4.69, 9.17) is 4.52 Å². The maximum Gasteiger partial charge on any atom is 0.272 e. The lowest BCUT2D eigenvalue weighted by molar-refractivity contribution is 0.0691. The molecule has 25 heavy (non-hydrogen) atoms. The van der Waals surface area contributed by atoms with Crippen LogP contribution in [0.2, 0.25) is 0 Å². The summed E-state index contributed by atoms with van der Waals surface area (Å²) in [5.41, 5.74) is 1.49. The van der Waals surface area contributed by atoms with Crippen LogP contribution in [0, 0.1) is 20.8 Å². The van der Waals surface area contributed by atoms with Gasteiger partial charge in [0.2, 0.25) is 10.0 Å². The fourth-order valence-electron chi connectivity index (χ4n) is 2.93. The molecule has 0 atom stereocenters. The Hall–Kier alpha value is -2.26.